The lowest BCUT2D eigenvalue weighted by molar-refractivity contribution is -0.136. The highest BCUT2D eigenvalue weighted by atomic mass is 16.4. The van der Waals surface area contributed by atoms with Gasteiger partial charge in [0.15, 0.2) is 0 Å². The lowest BCUT2D eigenvalue weighted by atomic mass is 10.1. The summed E-state index contributed by atoms with van der Waals surface area (Å²) in [6.07, 6.45) is 1.77. The van der Waals surface area contributed by atoms with Crippen LogP contribution in [0.5, 0.6) is 0 Å². The normalized spacial score (nSPS) is 10.1. The molecular weight excluding hydrogens is 184 g/mol. The number of aliphatic carboxylic acids is 1. The van der Waals surface area contributed by atoms with Crippen LogP contribution in [-0.4, -0.2) is 15.6 Å². The van der Waals surface area contributed by atoms with Gasteiger partial charge in [-0.3, -0.25) is 9.59 Å². The number of carboxylic acid groups (broad SMARTS) is 1. The van der Waals surface area contributed by atoms with E-state index in [-0.39, 0.29) is 18.4 Å². The van der Waals surface area contributed by atoms with Gasteiger partial charge < -0.3 is 15.4 Å². The van der Waals surface area contributed by atoms with Gasteiger partial charge in [-0.05, 0) is 12.0 Å². The SMILES string of the molecule is Cn1cc(N)c(CCC(=O)O)cc1=O. The Kier molecular flexibility index (Phi) is 2.91. The molecule has 0 atom stereocenters. The molecule has 0 aliphatic rings. The lowest BCUT2D eigenvalue weighted by Gasteiger charge is -2.05. The van der Waals surface area contributed by atoms with Gasteiger partial charge in [-0.15, -0.1) is 0 Å². The number of hydrogen-bond donors (Lipinski definition) is 2. The maximum absolute atomic E-state index is 11.2. The first kappa shape index (κ1) is 10.3. The Morgan fingerprint density at radius 3 is 2.86 bits per heavy atom. The number of aromatic nitrogens is 1. The van der Waals surface area contributed by atoms with E-state index < -0.39 is 5.97 Å². The third kappa shape index (κ3) is 2.35. The van der Waals surface area contributed by atoms with Crippen LogP contribution >= 0.6 is 0 Å². The van der Waals surface area contributed by atoms with Crippen LogP contribution in [0.4, 0.5) is 5.69 Å². The highest BCUT2D eigenvalue weighted by Gasteiger charge is 2.04. The highest BCUT2D eigenvalue weighted by Crippen LogP contribution is 2.09. The number of nitrogens with zero attached hydrogens (tertiary/aromatic N) is 1. The Morgan fingerprint density at radius 2 is 2.29 bits per heavy atom. The number of carboxylic acids is 1. The maximum Gasteiger partial charge on any atom is 0.303 e. The molecule has 3 N–H and O–H groups in total. The van der Waals surface area contributed by atoms with Gasteiger partial charge >= 0.3 is 5.97 Å². The minimum atomic E-state index is -0.898. The molecule has 1 aromatic rings. The van der Waals surface area contributed by atoms with Crippen LogP contribution in [0.1, 0.15) is 12.0 Å². The zero-order valence-corrected chi connectivity index (χ0v) is 7.86. The summed E-state index contributed by atoms with van der Waals surface area (Å²) >= 11 is 0. The van der Waals surface area contributed by atoms with Crippen molar-refractivity contribution >= 4 is 11.7 Å². The molecule has 0 aromatic carbocycles. The summed E-state index contributed by atoms with van der Waals surface area (Å²) in [7, 11) is 1.60. The van der Waals surface area contributed by atoms with Crippen LogP contribution in [-0.2, 0) is 18.3 Å². The number of nitrogens with two attached hydrogens (primary N) is 1. The first-order valence-corrected chi connectivity index (χ1v) is 4.17. The van der Waals surface area contributed by atoms with E-state index in [0.29, 0.717) is 11.3 Å². The Bertz CT molecular complexity index is 409. The van der Waals surface area contributed by atoms with Crippen LogP contribution < -0.4 is 11.3 Å². The number of pyridine rings is 1. The standard InChI is InChI=1S/C9H12N2O3/c1-11-5-7(10)6(4-8(11)12)2-3-9(13)14/h4-5H,2-3,10H2,1H3,(H,13,14). The van der Waals surface area contributed by atoms with Crippen molar-refractivity contribution in [3.8, 4) is 0 Å². The van der Waals surface area contributed by atoms with Crippen molar-refractivity contribution in [2.45, 2.75) is 12.8 Å². The Morgan fingerprint density at radius 1 is 1.64 bits per heavy atom. The van der Waals surface area contributed by atoms with E-state index in [1.54, 1.807) is 7.05 Å². The number of rotatable bonds is 3. The van der Waals surface area contributed by atoms with Gasteiger partial charge in [0.25, 0.3) is 5.56 Å². The van der Waals surface area contributed by atoms with Gasteiger partial charge in [0.05, 0.1) is 5.69 Å². The molecule has 5 heteroatoms. The second-order valence-corrected chi connectivity index (χ2v) is 3.10. The number of anilines is 1. The molecule has 0 unspecified atom stereocenters. The Labute approximate surface area is 80.8 Å². The van der Waals surface area contributed by atoms with Crippen molar-refractivity contribution in [3.63, 3.8) is 0 Å². The van der Waals surface area contributed by atoms with E-state index >= 15 is 0 Å². The first-order valence-electron chi connectivity index (χ1n) is 4.17. The smallest absolute Gasteiger partial charge is 0.303 e. The summed E-state index contributed by atoms with van der Waals surface area (Å²) in [5, 5.41) is 8.47. The highest BCUT2D eigenvalue weighted by molar-refractivity contribution is 5.67. The van der Waals surface area contributed by atoms with Crippen LogP contribution in [0.3, 0.4) is 0 Å². The van der Waals surface area contributed by atoms with E-state index in [1.165, 1.54) is 16.8 Å². The van der Waals surface area contributed by atoms with Crippen molar-refractivity contribution in [2.24, 2.45) is 7.05 Å². The van der Waals surface area contributed by atoms with Crippen LogP contribution in [0.2, 0.25) is 0 Å². The molecule has 76 valence electrons. The second-order valence-electron chi connectivity index (χ2n) is 3.10. The van der Waals surface area contributed by atoms with Crippen molar-refractivity contribution in [2.75, 3.05) is 5.73 Å². The topological polar surface area (TPSA) is 85.3 Å². The van der Waals surface area contributed by atoms with Crippen molar-refractivity contribution in [1.82, 2.24) is 4.57 Å². The molecule has 0 aliphatic heterocycles. The van der Waals surface area contributed by atoms with E-state index in [4.69, 9.17) is 10.8 Å². The molecular formula is C9H12N2O3. The van der Waals surface area contributed by atoms with E-state index in [2.05, 4.69) is 0 Å². The summed E-state index contributed by atoms with van der Waals surface area (Å²) in [6, 6.07) is 1.37. The van der Waals surface area contributed by atoms with Gasteiger partial charge in [-0.1, -0.05) is 0 Å². The van der Waals surface area contributed by atoms with Crippen LogP contribution in [0.25, 0.3) is 0 Å². The first-order chi connectivity index (χ1) is 6.50. The average molecular weight is 196 g/mol. The monoisotopic (exact) mass is 196 g/mol. The van der Waals surface area contributed by atoms with E-state index in [9.17, 15) is 9.59 Å². The third-order valence-electron chi connectivity index (χ3n) is 1.96. The second kappa shape index (κ2) is 3.95. The number of hydrogen-bond acceptors (Lipinski definition) is 3. The fraction of sp³-hybridized carbons (Fsp3) is 0.333. The van der Waals surface area contributed by atoms with Gasteiger partial charge in [-0.25, -0.2) is 0 Å². The van der Waals surface area contributed by atoms with Crippen molar-refractivity contribution < 1.29 is 9.90 Å². The van der Waals surface area contributed by atoms with Gasteiger partial charge in [0.2, 0.25) is 0 Å². The zero-order valence-electron chi connectivity index (χ0n) is 7.86. The lowest BCUT2D eigenvalue weighted by Crippen LogP contribution is -2.17. The number of aryl methyl sites for hydroxylation is 2. The average Bonchev–Trinajstić information content (AvgIpc) is 2.09. The molecule has 0 saturated carbocycles. The molecule has 14 heavy (non-hydrogen) atoms. The maximum atomic E-state index is 11.2. The quantitative estimate of drug-likeness (QED) is 0.711. The molecule has 0 spiro atoms. The van der Waals surface area contributed by atoms with Crippen molar-refractivity contribution in [3.05, 3.63) is 28.2 Å². The minimum absolute atomic E-state index is 0.0165. The summed E-state index contributed by atoms with van der Waals surface area (Å²) in [6.45, 7) is 0. The molecule has 5 nitrogen and oxygen atoms in total. The van der Waals surface area contributed by atoms with E-state index in [0.717, 1.165) is 0 Å². The van der Waals surface area contributed by atoms with Crippen LogP contribution in [0.15, 0.2) is 17.1 Å². The van der Waals surface area contributed by atoms with Gasteiger partial charge in [-0.2, -0.15) is 0 Å². The molecule has 0 aliphatic carbocycles. The molecule has 0 fully saturated rings. The van der Waals surface area contributed by atoms with Crippen molar-refractivity contribution in [1.29, 1.82) is 0 Å². The number of nitrogen functional groups attached to an aromatic ring is 1. The van der Waals surface area contributed by atoms with Crippen LogP contribution in [0, 0.1) is 0 Å². The largest absolute Gasteiger partial charge is 0.481 e. The fourth-order valence-corrected chi connectivity index (χ4v) is 1.15. The molecule has 0 bridgehead atoms. The van der Waals surface area contributed by atoms with E-state index in [1.807, 2.05) is 0 Å². The Hall–Kier alpha value is -1.78. The molecule has 1 heterocycles. The van der Waals surface area contributed by atoms with Gasteiger partial charge in [0.1, 0.15) is 0 Å². The predicted octanol–water partition coefficient (Wildman–Crippen LogP) is -0.0153. The molecule has 0 saturated heterocycles. The minimum Gasteiger partial charge on any atom is -0.481 e. The molecule has 0 radical (unpaired) electrons. The summed E-state index contributed by atoms with van der Waals surface area (Å²) in [4.78, 5) is 21.5. The third-order valence-corrected chi connectivity index (χ3v) is 1.96. The van der Waals surface area contributed by atoms with Gasteiger partial charge in [0, 0.05) is 25.7 Å². The summed E-state index contributed by atoms with van der Waals surface area (Å²) in [5.74, 6) is -0.898. The molecule has 1 rings (SSSR count). The molecule has 0 amide bonds. The zero-order chi connectivity index (χ0) is 10.7. The Balaban J connectivity index is 2.93. The predicted molar refractivity (Wildman–Crippen MR) is 52.1 cm³/mol. The number of carbonyl (C=O) groups is 1. The fourth-order valence-electron chi connectivity index (χ4n) is 1.15. The molecule has 1 aromatic heterocycles. The summed E-state index contributed by atoms with van der Waals surface area (Å²) in [5.41, 5.74) is 6.49. The summed E-state index contributed by atoms with van der Waals surface area (Å²) < 4.78 is 1.36.